The van der Waals surface area contributed by atoms with Crippen molar-refractivity contribution < 1.29 is 0 Å². The minimum Gasteiger partial charge on any atom is -0.370 e. The van der Waals surface area contributed by atoms with Crippen LogP contribution in [0.5, 0.6) is 0 Å². The van der Waals surface area contributed by atoms with Crippen molar-refractivity contribution in [2.45, 2.75) is 6.42 Å². The normalized spacial score (nSPS) is 9.86. The SMILES string of the molecule is NC(N)=NCCc1ccc(Cl)c(Cl)c1. The summed E-state index contributed by atoms with van der Waals surface area (Å²) in [6.07, 6.45) is 0.745. The van der Waals surface area contributed by atoms with Crippen LogP contribution < -0.4 is 11.5 Å². The van der Waals surface area contributed by atoms with Gasteiger partial charge in [-0.2, -0.15) is 0 Å². The predicted octanol–water partition coefficient (Wildman–Crippen LogP) is 1.81. The first-order valence-corrected chi connectivity index (χ1v) is 4.84. The number of hydrogen-bond acceptors (Lipinski definition) is 1. The molecule has 0 radical (unpaired) electrons. The minimum atomic E-state index is 0.102. The summed E-state index contributed by atoms with van der Waals surface area (Å²) < 4.78 is 0. The number of benzene rings is 1. The fourth-order valence-electron chi connectivity index (χ4n) is 1.01. The number of rotatable bonds is 3. The summed E-state index contributed by atoms with van der Waals surface area (Å²) >= 11 is 11.6. The van der Waals surface area contributed by atoms with Gasteiger partial charge in [0.15, 0.2) is 5.96 Å². The van der Waals surface area contributed by atoms with Gasteiger partial charge in [0.1, 0.15) is 0 Å². The molecule has 0 saturated heterocycles. The molecule has 0 heterocycles. The summed E-state index contributed by atoms with van der Waals surface area (Å²) in [6.45, 7) is 0.556. The quantitative estimate of drug-likeness (QED) is 0.616. The molecule has 5 heteroatoms. The molecular weight excluding hydrogens is 221 g/mol. The lowest BCUT2D eigenvalue weighted by molar-refractivity contribution is 0.962. The van der Waals surface area contributed by atoms with Crippen LogP contribution in [0.4, 0.5) is 0 Å². The van der Waals surface area contributed by atoms with E-state index < -0.39 is 0 Å². The van der Waals surface area contributed by atoms with Gasteiger partial charge in [-0.3, -0.25) is 4.99 Å². The van der Waals surface area contributed by atoms with Crippen LogP contribution in [0.1, 0.15) is 5.56 Å². The zero-order chi connectivity index (χ0) is 10.6. The molecule has 3 nitrogen and oxygen atoms in total. The summed E-state index contributed by atoms with van der Waals surface area (Å²) in [4.78, 5) is 3.87. The van der Waals surface area contributed by atoms with E-state index in [-0.39, 0.29) is 5.96 Å². The van der Waals surface area contributed by atoms with E-state index in [9.17, 15) is 0 Å². The highest BCUT2D eigenvalue weighted by Crippen LogP contribution is 2.22. The second-order valence-electron chi connectivity index (χ2n) is 2.81. The van der Waals surface area contributed by atoms with Gasteiger partial charge in [0.25, 0.3) is 0 Å². The number of nitrogens with zero attached hydrogens (tertiary/aromatic N) is 1. The van der Waals surface area contributed by atoms with Crippen molar-refractivity contribution in [3.63, 3.8) is 0 Å². The van der Waals surface area contributed by atoms with E-state index in [0.29, 0.717) is 16.6 Å². The van der Waals surface area contributed by atoms with Crippen LogP contribution in [0.15, 0.2) is 23.2 Å². The fraction of sp³-hybridized carbons (Fsp3) is 0.222. The topological polar surface area (TPSA) is 64.4 Å². The molecule has 0 unspecified atom stereocenters. The maximum absolute atomic E-state index is 5.84. The Kier molecular flexibility index (Phi) is 4.04. The first-order valence-electron chi connectivity index (χ1n) is 4.09. The molecule has 0 aliphatic rings. The van der Waals surface area contributed by atoms with E-state index in [1.54, 1.807) is 6.07 Å². The summed E-state index contributed by atoms with van der Waals surface area (Å²) in [5.41, 5.74) is 11.4. The summed E-state index contributed by atoms with van der Waals surface area (Å²) in [5.74, 6) is 0.102. The number of hydrogen-bond donors (Lipinski definition) is 2. The molecule has 0 amide bonds. The van der Waals surface area contributed by atoms with Gasteiger partial charge in [-0.25, -0.2) is 0 Å². The Labute approximate surface area is 92.7 Å². The molecule has 1 aromatic carbocycles. The van der Waals surface area contributed by atoms with E-state index in [1.807, 2.05) is 12.1 Å². The first-order chi connectivity index (χ1) is 6.59. The first kappa shape index (κ1) is 11.1. The van der Waals surface area contributed by atoms with Crippen LogP contribution in [-0.4, -0.2) is 12.5 Å². The largest absolute Gasteiger partial charge is 0.370 e. The standard InChI is InChI=1S/C9H11Cl2N3/c10-7-2-1-6(5-8(7)11)3-4-14-9(12)13/h1-2,5H,3-4H2,(H4,12,13,14). The minimum absolute atomic E-state index is 0.102. The average Bonchev–Trinajstić information content (AvgIpc) is 2.10. The Morgan fingerprint density at radius 2 is 1.93 bits per heavy atom. The molecule has 14 heavy (non-hydrogen) atoms. The van der Waals surface area contributed by atoms with Crippen molar-refractivity contribution in [2.75, 3.05) is 6.54 Å². The van der Waals surface area contributed by atoms with Crippen molar-refractivity contribution in [1.82, 2.24) is 0 Å². The molecule has 0 spiro atoms. The van der Waals surface area contributed by atoms with Crippen molar-refractivity contribution in [3.05, 3.63) is 33.8 Å². The van der Waals surface area contributed by atoms with Crippen LogP contribution >= 0.6 is 23.2 Å². The molecule has 0 aliphatic heterocycles. The van der Waals surface area contributed by atoms with E-state index in [2.05, 4.69) is 4.99 Å². The molecule has 0 aromatic heterocycles. The predicted molar refractivity (Wildman–Crippen MR) is 60.8 cm³/mol. The number of aliphatic imine (C=N–C) groups is 1. The lowest BCUT2D eigenvalue weighted by Crippen LogP contribution is -2.23. The second-order valence-corrected chi connectivity index (χ2v) is 3.62. The Morgan fingerprint density at radius 3 is 2.50 bits per heavy atom. The summed E-state index contributed by atoms with van der Waals surface area (Å²) in [6, 6.07) is 5.47. The third-order valence-corrected chi connectivity index (χ3v) is 2.42. The Balaban J connectivity index is 2.60. The molecule has 0 atom stereocenters. The molecule has 1 aromatic rings. The highest BCUT2D eigenvalue weighted by Gasteiger charge is 1.98. The van der Waals surface area contributed by atoms with Crippen LogP contribution in [0.3, 0.4) is 0 Å². The van der Waals surface area contributed by atoms with Gasteiger partial charge in [0, 0.05) is 6.54 Å². The van der Waals surface area contributed by atoms with E-state index in [0.717, 1.165) is 12.0 Å². The van der Waals surface area contributed by atoms with Gasteiger partial charge in [-0.15, -0.1) is 0 Å². The van der Waals surface area contributed by atoms with Gasteiger partial charge in [-0.1, -0.05) is 29.3 Å². The molecule has 0 bridgehead atoms. The van der Waals surface area contributed by atoms with Crippen LogP contribution in [-0.2, 0) is 6.42 Å². The molecule has 0 fully saturated rings. The molecule has 1 rings (SSSR count). The van der Waals surface area contributed by atoms with Gasteiger partial charge in [-0.05, 0) is 24.1 Å². The third-order valence-electron chi connectivity index (χ3n) is 1.68. The van der Waals surface area contributed by atoms with Crippen molar-refractivity contribution in [3.8, 4) is 0 Å². The Morgan fingerprint density at radius 1 is 1.21 bits per heavy atom. The smallest absolute Gasteiger partial charge is 0.185 e. The Bertz CT molecular complexity index is 346. The van der Waals surface area contributed by atoms with Crippen LogP contribution in [0.2, 0.25) is 10.0 Å². The van der Waals surface area contributed by atoms with Gasteiger partial charge in [0.2, 0.25) is 0 Å². The van der Waals surface area contributed by atoms with E-state index in [1.165, 1.54) is 0 Å². The molecular formula is C9H11Cl2N3. The Hall–Kier alpha value is -0.930. The monoisotopic (exact) mass is 231 g/mol. The second kappa shape index (κ2) is 5.08. The van der Waals surface area contributed by atoms with Crippen molar-refractivity contribution >= 4 is 29.2 Å². The third kappa shape index (κ3) is 3.44. The number of nitrogens with two attached hydrogens (primary N) is 2. The maximum Gasteiger partial charge on any atom is 0.185 e. The molecule has 0 saturated carbocycles. The van der Waals surface area contributed by atoms with Crippen LogP contribution in [0.25, 0.3) is 0 Å². The van der Waals surface area contributed by atoms with E-state index in [4.69, 9.17) is 34.7 Å². The summed E-state index contributed by atoms with van der Waals surface area (Å²) in [5, 5.41) is 1.10. The van der Waals surface area contributed by atoms with Crippen molar-refractivity contribution in [1.29, 1.82) is 0 Å². The molecule has 76 valence electrons. The van der Waals surface area contributed by atoms with Gasteiger partial charge >= 0.3 is 0 Å². The average molecular weight is 232 g/mol. The lowest BCUT2D eigenvalue weighted by Gasteiger charge is -2.00. The van der Waals surface area contributed by atoms with E-state index >= 15 is 0 Å². The van der Waals surface area contributed by atoms with Crippen molar-refractivity contribution in [2.24, 2.45) is 16.5 Å². The van der Waals surface area contributed by atoms with Gasteiger partial charge in [0.05, 0.1) is 10.0 Å². The lowest BCUT2D eigenvalue weighted by atomic mass is 10.1. The zero-order valence-corrected chi connectivity index (χ0v) is 9.02. The van der Waals surface area contributed by atoms with Gasteiger partial charge < -0.3 is 11.5 Å². The highest BCUT2D eigenvalue weighted by atomic mass is 35.5. The number of halogens is 2. The summed E-state index contributed by atoms with van der Waals surface area (Å²) in [7, 11) is 0. The maximum atomic E-state index is 5.84. The fourth-order valence-corrected chi connectivity index (χ4v) is 1.33. The van der Waals surface area contributed by atoms with Crippen LogP contribution in [0, 0.1) is 0 Å². The zero-order valence-electron chi connectivity index (χ0n) is 7.50. The highest BCUT2D eigenvalue weighted by molar-refractivity contribution is 6.42. The number of guanidine groups is 1. The molecule has 0 aliphatic carbocycles. The molecule has 4 N–H and O–H groups in total.